The molecule has 0 heterocycles. The Morgan fingerprint density at radius 1 is 1.00 bits per heavy atom. The monoisotopic (exact) mass is 327 g/mol. The lowest BCUT2D eigenvalue weighted by molar-refractivity contribution is -0.313. The van der Waals surface area contributed by atoms with E-state index >= 15 is 0 Å². The van der Waals surface area contributed by atoms with E-state index in [9.17, 15) is 19.5 Å². The normalized spacial score (nSPS) is 27.0. The molecule has 1 aromatic carbocycles. The number of rotatable bonds is 5. The van der Waals surface area contributed by atoms with Gasteiger partial charge in [-0.25, -0.2) is 0 Å². The van der Waals surface area contributed by atoms with Gasteiger partial charge >= 0.3 is 0 Å². The van der Waals surface area contributed by atoms with Gasteiger partial charge in [-0.3, -0.25) is 20.4 Å². The molecule has 2 bridgehead atoms. The smallest absolute Gasteiger partial charge is 0.242 e. The summed E-state index contributed by atoms with van der Waals surface area (Å²) in [6.07, 6.45) is 5.18. The average Bonchev–Trinajstić information content (AvgIpc) is 3.20. The van der Waals surface area contributed by atoms with E-state index in [1.807, 2.05) is 42.5 Å². The molecule has 0 aliphatic heterocycles. The van der Waals surface area contributed by atoms with E-state index in [2.05, 4.69) is 10.9 Å². The number of carbonyl (C=O) groups is 3. The van der Waals surface area contributed by atoms with Gasteiger partial charge in [0.15, 0.2) is 0 Å². The van der Waals surface area contributed by atoms with Crippen LogP contribution >= 0.6 is 0 Å². The van der Waals surface area contributed by atoms with Gasteiger partial charge in [0.2, 0.25) is 11.8 Å². The summed E-state index contributed by atoms with van der Waals surface area (Å²) < 4.78 is 0. The van der Waals surface area contributed by atoms with Crippen LogP contribution in [-0.4, -0.2) is 17.8 Å². The van der Waals surface area contributed by atoms with Crippen molar-refractivity contribution in [1.82, 2.24) is 10.9 Å². The van der Waals surface area contributed by atoms with Crippen molar-refractivity contribution >= 4 is 17.8 Å². The summed E-state index contributed by atoms with van der Waals surface area (Å²) in [6, 6.07) is 9.56. The van der Waals surface area contributed by atoms with Gasteiger partial charge in [-0.05, 0) is 30.2 Å². The number of benzene rings is 1. The molecule has 0 spiro atoms. The molecule has 0 radical (unpaired) electrons. The highest BCUT2D eigenvalue weighted by Crippen LogP contribution is 2.47. The molecule has 0 unspecified atom stereocenters. The Kier molecular flexibility index (Phi) is 4.64. The lowest BCUT2D eigenvalue weighted by Gasteiger charge is -2.27. The largest absolute Gasteiger partial charge is 0.550 e. The number of hydrogen-bond donors (Lipinski definition) is 2. The Balaban J connectivity index is 1.49. The third-order valence-electron chi connectivity index (χ3n) is 4.84. The maximum absolute atomic E-state index is 12.3. The molecule has 1 aromatic rings. The fraction of sp³-hybridized carbons (Fsp3) is 0.389. The minimum absolute atomic E-state index is 0.0980. The van der Waals surface area contributed by atoms with Crippen molar-refractivity contribution in [3.63, 3.8) is 0 Å². The third-order valence-corrected chi connectivity index (χ3v) is 4.84. The SMILES string of the molecule is O=C(CCc1ccccc1)NNC(=O)[C@H]1[C@@H](C(=O)[O-])[C@H]2C=C[C@H]1C2. The molecule has 2 aliphatic rings. The second kappa shape index (κ2) is 6.86. The summed E-state index contributed by atoms with van der Waals surface area (Å²) in [5.41, 5.74) is 5.78. The zero-order valence-corrected chi connectivity index (χ0v) is 13.1. The molecular weight excluding hydrogens is 308 g/mol. The van der Waals surface area contributed by atoms with Crippen LogP contribution in [0.15, 0.2) is 42.5 Å². The van der Waals surface area contributed by atoms with Crippen LogP contribution in [0.1, 0.15) is 18.4 Å². The van der Waals surface area contributed by atoms with Crippen molar-refractivity contribution in [1.29, 1.82) is 0 Å². The molecule has 4 atom stereocenters. The molecule has 2 amide bonds. The summed E-state index contributed by atoms with van der Waals surface area (Å²) in [4.78, 5) is 35.4. The molecule has 6 heteroatoms. The molecule has 6 nitrogen and oxygen atoms in total. The van der Waals surface area contributed by atoms with Gasteiger partial charge in [-0.1, -0.05) is 42.5 Å². The zero-order valence-electron chi connectivity index (χ0n) is 13.1. The van der Waals surface area contributed by atoms with E-state index in [0.29, 0.717) is 12.8 Å². The summed E-state index contributed by atoms with van der Waals surface area (Å²) in [5.74, 6) is -3.73. The van der Waals surface area contributed by atoms with Crippen LogP contribution in [0.25, 0.3) is 0 Å². The fourth-order valence-electron chi connectivity index (χ4n) is 3.68. The Bertz CT molecular complexity index is 671. The summed E-state index contributed by atoms with van der Waals surface area (Å²) in [7, 11) is 0. The number of nitrogens with one attached hydrogen (secondary N) is 2. The van der Waals surface area contributed by atoms with E-state index in [-0.39, 0.29) is 24.2 Å². The lowest BCUT2D eigenvalue weighted by atomic mass is 9.82. The predicted octanol–water partition coefficient (Wildman–Crippen LogP) is -0.0452. The minimum atomic E-state index is -1.21. The number of fused-ring (bicyclic) bond motifs is 2. The number of aliphatic carboxylic acids is 1. The summed E-state index contributed by atoms with van der Waals surface area (Å²) in [6.45, 7) is 0. The first-order valence-electron chi connectivity index (χ1n) is 8.08. The van der Waals surface area contributed by atoms with E-state index in [1.54, 1.807) is 0 Å². The quantitative estimate of drug-likeness (QED) is 0.585. The summed E-state index contributed by atoms with van der Waals surface area (Å²) >= 11 is 0. The van der Waals surface area contributed by atoms with Gasteiger partial charge in [0, 0.05) is 18.3 Å². The number of carbonyl (C=O) groups excluding carboxylic acids is 3. The highest BCUT2D eigenvalue weighted by Gasteiger charge is 2.48. The van der Waals surface area contributed by atoms with Crippen LogP contribution in [0.3, 0.4) is 0 Å². The van der Waals surface area contributed by atoms with Crippen LogP contribution in [0.5, 0.6) is 0 Å². The van der Waals surface area contributed by atoms with Gasteiger partial charge < -0.3 is 9.90 Å². The van der Waals surface area contributed by atoms with E-state index in [1.165, 1.54) is 0 Å². The number of amides is 2. The van der Waals surface area contributed by atoms with Crippen molar-refractivity contribution in [2.45, 2.75) is 19.3 Å². The maximum atomic E-state index is 12.3. The predicted molar refractivity (Wildman–Crippen MR) is 83.8 cm³/mol. The molecule has 1 saturated carbocycles. The number of carboxylic acid groups (broad SMARTS) is 1. The van der Waals surface area contributed by atoms with E-state index in [4.69, 9.17) is 0 Å². The van der Waals surface area contributed by atoms with Crippen molar-refractivity contribution in [3.05, 3.63) is 48.0 Å². The Labute approximate surface area is 139 Å². The Hall–Kier alpha value is -2.63. The van der Waals surface area contributed by atoms with Crippen molar-refractivity contribution < 1.29 is 19.5 Å². The number of carboxylic acids is 1. The first-order valence-corrected chi connectivity index (χ1v) is 8.08. The zero-order chi connectivity index (χ0) is 17.1. The first-order chi connectivity index (χ1) is 11.6. The van der Waals surface area contributed by atoms with Crippen molar-refractivity contribution in [2.24, 2.45) is 23.7 Å². The van der Waals surface area contributed by atoms with E-state index < -0.39 is 23.7 Å². The average molecular weight is 327 g/mol. The summed E-state index contributed by atoms with van der Waals surface area (Å²) in [5, 5.41) is 11.3. The van der Waals surface area contributed by atoms with Gasteiger partial charge in [0.05, 0.1) is 5.92 Å². The van der Waals surface area contributed by atoms with Crippen LogP contribution in [0, 0.1) is 23.7 Å². The van der Waals surface area contributed by atoms with Crippen LogP contribution < -0.4 is 16.0 Å². The molecule has 0 saturated heterocycles. The molecule has 3 rings (SSSR count). The number of allylic oxidation sites excluding steroid dienone is 2. The standard InChI is InChI=1S/C18H20N2O4/c21-14(9-6-11-4-2-1-3-5-11)19-20-17(22)15-12-7-8-13(10-12)16(15)18(23)24/h1-5,7-8,12-13,15-16H,6,9-10H2,(H,19,21)(H,20,22)(H,23,24)/p-1/t12-,13-,15+,16-/m0/s1. The molecule has 126 valence electrons. The first kappa shape index (κ1) is 16.2. The lowest BCUT2D eigenvalue weighted by Crippen LogP contribution is -2.50. The topological polar surface area (TPSA) is 98.3 Å². The second-order valence-corrected chi connectivity index (χ2v) is 6.34. The van der Waals surface area contributed by atoms with Crippen LogP contribution in [-0.2, 0) is 20.8 Å². The Morgan fingerprint density at radius 3 is 2.33 bits per heavy atom. The van der Waals surface area contributed by atoms with Crippen molar-refractivity contribution in [3.8, 4) is 0 Å². The highest BCUT2D eigenvalue weighted by molar-refractivity contribution is 5.88. The molecular formula is C18H19N2O4-. The molecule has 2 N–H and O–H groups in total. The number of aryl methyl sites for hydroxylation is 1. The van der Waals surface area contributed by atoms with Gasteiger partial charge in [-0.15, -0.1) is 0 Å². The maximum Gasteiger partial charge on any atom is 0.242 e. The van der Waals surface area contributed by atoms with Gasteiger partial charge in [0.1, 0.15) is 0 Å². The van der Waals surface area contributed by atoms with Crippen LogP contribution in [0.4, 0.5) is 0 Å². The van der Waals surface area contributed by atoms with E-state index in [0.717, 1.165) is 5.56 Å². The molecule has 1 fully saturated rings. The highest BCUT2D eigenvalue weighted by atomic mass is 16.4. The minimum Gasteiger partial charge on any atom is -0.550 e. The van der Waals surface area contributed by atoms with Crippen LogP contribution in [0.2, 0.25) is 0 Å². The molecule has 0 aromatic heterocycles. The third kappa shape index (κ3) is 3.32. The molecule has 24 heavy (non-hydrogen) atoms. The second-order valence-electron chi connectivity index (χ2n) is 6.34. The fourth-order valence-corrected chi connectivity index (χ4v) is 3.68. The van der Waals surface area contributed by atoms with Gasteiger partial charge in [0.25, 0.3) is 0 Å². The number of hydrogen-bond acceptors (Lipinski definition) is 4. The molecule has 2 aliphatic carbocycles. The Morgan fingerprint density at radius 2 is 1.67 bits per heavy atom. The number of hydrazine groups is 1. The van der Waals surface area contributed by atoms with Crippen molar-refractivity contribution in [2.75, 3.05) is 0 Å². The van der Waals surface area contributed by atoms with Gasteiger partial charge in [-0.2, -0.15) is 0 Å².